The van der Waals surface area contributed by atoms with Gasteiger partial charge < -0.3 is 10.6 Å². The molecule has 1 aromatic heterocycles. The molecule has 1 heterocycles. The highest BCUT2D eigenvalue weighted by Gasteiger charge is 2.08. The number of benzene rings is 3. The Morgan fingerprint density at radius 2 is 1.71 bits per heavy atom. The summed E-state index contributed by atoms with van der Waals surface area (Å²) < 4.78 is 1.92. The van der Waals surface area contributed by atoms with Crippen LogP contribution in [0.15, 0.2) is 85.1 Å². The number of thiocarbonyl (C=S) groups is 1. The lowest BCUT2D eigenvalue weighted by atomic mass is 10.0. The van der Waals surface area contributed by atoms with Crippen molar-refractivity contribution in [2.24, 2.45) is 0 Å². The fourth-order valence-corrected chi connectivity index (χ4v) is 3.58. The van der Waals surface area contributed by atoms with Crippen LogP contribution in [-0.2, 0) is 6.54 Å². The van der Waals surface area contributed by atoms with Gasteiger partial charge in [0.2, 0.25) is 0 Å². The standard InChI is InChI=1S/C23H22N4S/c1-17(18-8-3-2-4-9-18)24-23(28)25-22-14-15-27(26-22)16-20-12-7-11-19-10-5-6-13-21(19)20/h2-15,17H,16H2,1H3,(H2,24,25,26,28)/t17-/m1/s1. The maximum absolute atomic E-state index is 5.44. The summed E-state index contributed by atoms with van der Waals surface area (Å²) in [5.74, 6) is 0.734. The molecule has 0 fully saturated rings. The van der Waals surface area contributed by atoms with Gasteiger partial charge in [-0.1, -0.05) is 72.8 Å². The molecular weight excluding hydrogens is 364 g/mol. The number of nitrogens with zero attached hydrogens (tertiary/aromatic N) is 2. The fraction of sp³-hybridized carbons (Fsp3) is 0.130. The summed E-state index contributed by atoms with van der Waals surface area (Å²) in [6.45, 7) is 2.80. The van der Waals surface area contributed by atoms with Gasteiger partial charge in [-0.25, -0.2) is 0 Å². The largest absolute Gasteiger partial charge is 0.356 e. The van der Waals surface area contributed by atoms with Crippen molar-refractivity contribution in [3.05, 3.63) is 96.2 Å². The van der Waals surface area contributed by atoms with E-state index in [-0.39, 0.29) is 6.04 Å². The molecule has 4 rings (SSSR count). The first-order valence-corrected chi connectivity index (χ1v) is 9.72. The number of nitrogens with one attached hydrogen (secondary N) is 2. The van der Waals surface area contributed by atoms with Crippen LogP contribution in [0.3, 0.4) is 0 Å². The minimum atomic E-state index is 0.124. The van der Waals surface area contributed by atoms with Crippen molar-refractivity contribution in [3.63, 3.8) is 0 Å². The average Bonchev–Trinajstić information content (AvgIpc) is 3.15. The zero-order valence-electron chi connectivity index (χ0n) is 15.7. The highest BCUT2D eigenvalue weighted by atomic mass is 32.1. The molecule has 0 radical (unpaired) electrons. The summed E-state index contributed by atoms with van der Waals surface area (Å²) in [5.41, 5.74) is 2.43. The van der Waals surface area contributed by atoms with Gasteiger partial charge in [-0.2, -0.15) is 5.10 Å². The molecular formula is C23H22N4S. The van der Waals surface area contributed by atoms with Gasteiger partial charge in [-0.3, -0.25) is 4.68 Å². The van der Waals surface area contributed by atoms with E-state index in [9.17, 15) is 0 Å². The third-order valence-corrected chi connectivity index (χ3v) is 4.96. The Morgan fingerprint density at radius 1 is 0.964 bits per heavy atom. The van der Waals surface area contributed by atoms with Crippen molar-refractivity contribution in [1.29, 1.82) is 0 Å². The second-order valence-corrected chi connectivity index (χ2v) is 7.18. The zero-order valence-corrected chi connectivity index (χ0v) is 16.5. The minimum Gasteiger partial charge on any atom is -0.356 e. The highest BCUT2D eigenvalue weighted by Crippen LogP contribution is 2.19. The first kappa shape index (κ1) is 18.2. The van der Waals surface area contributed by atoms with Crippen LogP contribution in [0.5, 0.6) is 0 Å². The van der Waals surface area contributed by atoms with Gasteiger partial charge in [0.25, 0.3) is 0 Å². The number of aromatic nitrogens is 2. The maximum atomic E-state index is 5.44. The van der Waals surface area contributed by atoms with Crippen molar-refractivity contribution in [3.8, 4) is 0 Å². The minimum absolute atomic E-state index is 0.124. The molecule has 2 N–H and O–H groups in total. The molecule has 0 saturated heterocycles. The molecule has 140 valence electrons. The van der Waals surface area contributed by atoms with Crippen LogP contribution >= 0.6 is 12.2 Å². The molecule has 0 saturated carbocycles. The van der Waals surface area contributed by atoms with E-state index < -0.39 is 0 Å². The first-order chi connectivity index (χ1) is 13.7. The van der Waals surface area contributed by atoms with Crippen molar-refractivity contribution in [2.75, 3.05) is 5.32 Å². The third-order valence-electron chi connectivity index (χ3n) is 4.74. The van der Waals surface area contributed by atoms with Crippen LogP contribution in [0.4, 0.5) is 5.82 Å². The summed E-state index contributed by atoms with van der Waals surface area (Å²) in [5, 5.41) is 14.1. The summed E-state index contributed by atoms with van der Waals surface area (Å²) in [6.07, 6.45) is 1.97. The van der Waals surface area contributed by atoms with Gasteiger partial charge in [0.05, 0.1) is 12.6 Å². The molecule has 4 nitrogen and oxygen atoms in total. The smallest absolute Gasteiger partial charge is 0.172 e. The molecule has 4 aromatic rings. The second kappa shape index (κ2) is 8.23. The van der Waals surface area contributed by atoms with Crippen LogP contribution in [0.2, 0.25) is 0 Å². The molecule has 0 aliphatic carbocycles. The summed E-state index contributed by atoms with van der Waals surface area (Å²) in [6, 6.07) is 27.1. The number of fused-ring (bicyclic) bond motifs is 1. The van der Waals surface area contributed by atoms with E-state index in [2.05, 4.69) is 77.3 Å². The van der Waals surface area contributed by atoms with Crippen LogP contribution in [0.1, 0.15) is 24.1 Å². The Kier molecular flexibility index (Phi) is 5.35. The lowest BCUT2D eigenvalue weighted by molar-refractivity contribution is 0.692. The molecule has 0 spiro atoms. The number of anilines is 1. The third kappa shape index (κ3) is 4.21. The predicted octanol–water partition coefficient (Wildman–Crippen LogP) is 5.13. The molecule has 28 heavy (non-hydrogen) atoms. The van der Waals surface area contributed by atoms with Gasteiger partial charge in [0.1, 0.15) is 0 Å². The molecule has 0 aliphatic rings. The Morgan fingerprint density at radius 3 is 2.57 bits per heavy atom. The Balaban J connectivity index is 1.41. The first-order valence-electron chi connectivity index (χ1n) is 9.31. The molecule has 3 aromatic carbocycles. The average molecular weight is 387 g/mol. The van der Waals surface area contributed by atoms with Gasteiger partial charge in [0, 0.05) is 12.3 Å². The SMILES string of the molecule is C[C@@H](NC(=S)Nc1ccn(Cc2cccc3ccccc23)n1)c1ccccc1. The zero-order chi connectivity index (χ0) is 19.3. The van der Waals surface area contributed by atoms with Crippen molar-refractivity contribution in [1.82, 2.24) is 15.1 Å². The fourth-order valence-electron chi connectivity index (χ4n) is 3.30. The second-order valence-electron chi connectivity index (χ2n) is 6.77. The topological polar surface area (TPSA) is 41.9 Å². The van der Waals surface area contributed by atoms with E-state index in [4.69, 9.17) is 12.2 Å². The van der Waals surface area contributed by atoms with Crippen LogP contribution in [0.25, 0.3) is 10.8 Å². The van der Waals surface area contributed by atoms with Crippen molar-refractivity contribution >= 4 is 33.9 Å². The van der Waals surface area contributed by atoms with E-state index in [1.807, 2.05) is 35.1 Å². The molecule has 0 bridgehead atoms. The van der Waals surface area contributed by atoms with E-state index in [0.29, 0.717) is 11.7 Å². The predicted molar refractivity (Wildman–Crippen MR) is 119 cm³/mol. The van der Waals surface area contributed by atoms with Gasteiger partial charge in [-0.05, 0) is 41.0 Å². The summed E-state index contributed by atoms with van der Waals surface area (Å²) in [7, 11) is 0. The monoisotopic (exact) mass is 386 g/mol. The van der Waals surface area contributed by atoms with E-state index in [0.717, 1.165) is 5.82 Å². The summed E-state index contributed by atoms with van der Waals surface area (Å²) >= 11 is 5.44. The van der Waals surface area contributed by atoms with E-state index in [1.54, 1.807) is 0 Å². The molecule has 1 atom stereocenters. The van der Waals surface area contributed by atoms with Crippen LogP contribution < -0.4 is 10.6 Å². The van der Waals surface area contributed by atoms with Crippen LogP contribution in [0, 0.1) is 0 Å². The lowest BCUT2D eigenvalue weighted by Gasteiger charge is -2.16. The molecule has 0 amide bonds. The number of rotatable bonds is 5. The quantitative estimate of drug-likeness (QED) is 0.467. The van der Waals surface area contributed by atoms with Gasteiger partial charge in [-0.15, -0.1) is 0 Å². The Labute approximate surface area is 170 Å². The van der Waals surface area contributed by atoms with Gasteiger partial charge >= 0.3 is 0 Å². The number of hydrogen-bond donors (Lipinski definition) is 2. The highest BCUT2D eigenvalue weighted by molar-refractivity contribution is 7.80. The van der Waals surface area contributed by atoms with Gasteiger partial charge in [0.15, 0.2) is 10.9 Å². The molecule has 0 aliphatic heterocycles. The maximum Gasteiger partial charge on any atom is 0.172 e. The van der Waals surface area contributed by atoms with E-state index in [1.165, 1.54) is 21.9 Å². The van der Waals surface area contributed by atoms with Crippen molar-refractivity contribution < 1.29 is 0 Å². The van der Waals surface area contributed by atoms with Crippen LogP contribution in [-0.4, -0.2) is 14.9 Å². The Bertz CT molecular complexity index is 1080. The lowest BCUT2D eigenvalue weighted by Crippen LogP contribution is -2.31. The number of hydrogen-bond acceptors (Lipinski definition) is 2. The van der Waals surface area contributed by atoms with Crippen molar-refractivity contribution in [2.45, 2.75) is 19.5 Å². The normalized spacial score (nSPS) is 11.9. The summed E-state index contributed by atoms with van der Waals surface area (Å²) in [4.78, 5) is 0. The molecule has 5 heteroatoms. The molecule has 0 unspecified atom stereocenters. The Hall–Kier alpha value is -3.18. The van der Waals surface area contributed by atoms with E-state index >= 15 is 0 Å².